The lowest BCUT2D eigenvalue weighted by atomic mass is 10.0. The molecule has 0 aliphatic rings. The third kappa shape index (κ3) is 5.33. The number of hydrogen-bond donors (Lipinski definition) is 1. The van der Waals surface area contributed by atoms with E-state index in [0.29, 0.717) is 17.2 Å². The molecule has 0 atom stereocenters. The van der Waals surface area contributed by atoms with E-state index in [1.54, 1.807) is 19.1 Å². The van der Waals surface area contributed by atoms with Gasteiger partial charge >= 0.3 is 5.97 Å². The van der Waals surface area contributed by atoms with Gasteiger partial charge in [0.05, 0.1) is 17.9 Å². The summed E-state index contributed by atoms with van der Waals surface area (Å²) in [5.41, 5.74) is 11.3. The highest BCUT2D eigenvalue weighted by Gasteiger charge is 2.10. The van der Waals surface area contributed by atoms with Crippen LogP contribution in [0.1, 0.15) is 40.5 Å². The quantitative estimate of drug-likeness (QED) is 0.553. The maximum atomic E-state index is 11.7. The Morgan fingerprint density at radius 2 is 1.86 bits per heavy atom. The Labute approximate surface area is 175 Å². The van der Waals surface area contributed by atoms with E-state index >= 15 is 0 Å². The molecule has 0 aliphatic carbocycles. The van der Waals surface area contributed by atoms with E-state index in [2.05, 4.69) is 9.97 Å². The van der Waals surface area contributed by atoms with E-state index in [-0.39, 0.29) is 11.9 Å². The SMILES string of the molecule is CCOC(=O)c1ccc(CCCc2cc(-c3cccc(Cl)c3C)nc(N)n2)cc1. The number of rotatable bonds is 7. The van der Waals surface area contributed by atoms with E-state index in [0.717, 1.165) is 47.3 Å². The fourth-order valence-corrected chi connectivity index (χ4v) is 3.34. The Balaban J connectivity index is 1.66. The number of ether oxygens (including phenoxy) is 1. The van der Waals surface area contributed by atoms with Crippen LogP contribution in [0.25, 0.3) is 11.3 Å². The van der Waals surface area contributed by atoms with Crippen LogP contribution in [0.5, 0.6) is 0 Å². The van der Waals surface area contributed by atoms with Gasteiger partial charge in [0.15, 0.2) is 0 Å². The molecule has 2 N–H and O–H groups in total. The van der Waals surface area contributed by atoms with E-state index in [9.17, 15) is 4.79 Å². The maximum Gasteiger partial charge on any atom is 0.338 e. The highest BCUT2D eigenvalue weighted by molar-refractivity contribution is 6.31. The first kappa shape index (κ1) is 20.8. The molecule has 3 rings (SSSR count). The first-order valence-electron chi connectivity index (χ1n) is 9.63. The number of aryl methyl sites for hydroxylation is 2. The van der Waals surface area contributed by atoms with E-state index in [4.69, 9.17) is 22.1 Å². The smallest absolute Gasteiger partial charge is 0.338 e. The number of benzene rings is 2. The monoisotopic (exact) mass is 409 g/mol. The molecule has 0 spiro atoms. The number of esters is 1. The predicted octanol–water partition coefficient (Wildman–Crippen LogP) is 5.04. The van der Waals surface area contributed by atoms with Crippen LogP contribution in [-0.2, 0) is 17.6 Å². The second kappa shape index (κ2) is 9.52. The molecule has 1 heterocycles. The van der Waals surface area contributed by atoms with Gasteiger partial charge in [0.1, 0.15) is 0 Å². The molecule has 0 saturated heterocycles. The van der Waals surface area contributed by atoms with E-state index in [1.165, 1.54) is 0 Å². The van der Waals surface area contributed by atoms with Gasteiger partial charge in [-0.3, -0.25) is 0 Å². The van der Waals surface area contributed by atoms with Gasteiger partial charge in [0, 0.05) is 16.3 Å². The Hall–Kier alpha value is -2.92. The molecule has 5 nitrogen and oxygen atoms in total. The lowest BCUT2D eigenvalue weighted by Crippen LogP contribution is -2.04. The van der Waals surface area contributed by atoms with Gasteiger partial charge in [-0.2, -0.15) is 0 Å². The van der Waals surface area contributed by atoms with Crippen LogP contribution in [0.4, 0.5) is 5.95 Å². The minimum atomic E-state index is -0.292. The molecule has 0 fully saturated rings. The highest BCUT2D eigenvalue weighted by atomic mass is 35.5. The summed E-state index contributed by atoms with van der Waals surface area (Å²) in [6.45, 7) is 4.14. The number of carbonyl (C=O) groups is 1. The average molecular weight is 410 g/mol. The van der Waals surface area contributed by atoms with Gasteiger partial charge < -0.3 is 10.5 Å². The fraction of sp³-hybridized carbons (Fsp3) is 0.261. The van der Waals surface area contributed by atoms with Crippen molar-refractivity contribution in [1.82, 2.24) is 9.97 Å². The highest BCUT2D eigenvalue weighted by Crippen LogP contribution is 2.28. The molecule has 29 heavy (non-hydrogen) atoms. The summed E-state index contributed by atoms with van der Waals surface area (Å²) < 4.78 is 5.01. The summed E-state index contributed by atoms with van der Waals surface area (Å²) in [5, 5.41) is 0.701. The third-order valence-corrected chi connectivity index (χ3v) is 5.11. The van der Waals surface area contributed by atoms with E-state index < -0.39 is 0 Å². The molecule has 0 amide bonds. The minimum absolute atomic E-state index is 0.260. The Morgan fingerprint density at radius 3 is 2.59 bits per heavy atom. The summed E-state index contributed by atoms with van der Waals surface area (Å²) >= 11 is 6.24. The summed E-state index contributed by atoms with van der Waals surface area (Å²) in [5.74, 6) is -0.0324. The molecule has 0 unspecified atom stereocenters. The fourth-order valence-electron chi connectivity index (χ4n) is 3.16. The molecule has 0 radical (unpaired) electrons. The van der Waals surface area contributed by atoms with Gasteiger partial charge in [0.25, 0.3) is 0 Å². The number of carbonyl (C=O) groups excluding carboxylic acids is 1. The van der Waals surface area contributed by atoms with Crippen molar-refractivity contribution in [3.05, 3.63) is 75.9 Å². The largest absolute Gasteiger partial charge is 0.462 e. The Kier molecular flexibility index (Phi) is 6.83. The van der Waals surface area contributed by atoms with Crippen molar-refractivity contribution in [1.29, 1.82) is 0 Å². The number of nitrogens with two attached hydrogens (primary N) is 1. The number of anilines is 1. The standard InChI is InChI=1S/C23H24ClN3O2/c1-3-29-22(28)17-12-10-16(11-13-17)6-4-7-18-14-21(27-23(25)26-18)19-8-5-9-20(24)15(19)2/h5,8-14H,3-4,6-7H2,1-2H3,(H2,25,26,27). The number of hydrogen-bond acceptors (Lipinski definition) is 5. The first-order valence-corrected chi connectivity index (χ1v) is 10.0. The minimum Gasteiger partial charge on any atom is -0.462 e. The van der Waals surface area contributed by atoms with E-state index in [1.807, 2.05) is 43.3 Å². The van der Waals surface area contributed by atoms with Crippen molar-refractivity contribution in [2.24, 2.45) is 0 Å². The average Bonchev–Trinajstić information content (AvgIpc) is 2.70. The summed E-state index contributed by atoms with van der Waals surface area (Å²) in [7, 11) is 0. The zero-order valence-electron chi connectivity index (χ0n) is 16.6. The van der Waals surface area contributed by atoms with Crippen molar-refractivity contribution in [2.45, 2.75) is 33.1 Å². The molecule has 150 valence electrons. The summed E-state index contributed by atoms with van der Waals surface area (Å²) in [6, 6.07) is 15.2. The van der Waals surface area contributed by atoms with Gasteiger partial charge in [-0.15, -0.1) is 0 Å². The predicted molar refractivity (Wildman–Crippen MR) is 116 cm³/mol. The Bertz CT molecular complexity index is 1000. The number of halogens is 1. The normalized spacial score (nSPS) is 10.7. The molecule has 0 saturated carbocycles. The van der Waals surface area contributed by atoms with Gasteiger partial charge in [0.2, 0.25) is 5.95 Å². The Morgan fingerprint density at radius 1 is 1.10 bits per heavy atom. The van der Waals surface area contributed by atoms with Crippen molar-refractivity contribution >= 4 is 23.5 Å². The molecular weight excluding hydrogens is 386 g/mol. The van der Waals surface area contributed by atoms with Crippen LogP contribution in [0.3, 0.4) is 0 Å². The van der Waals surface area contributed by atoms with Crippen LogP contribution in [0.15, 0.2) is 48.5 Å². The van der Waals surface area contributed by atoms with Crippen molar-refractivity contribution < 1.29 is 9.53 Å². The number of nitrogens with zero attached hydrogens (tertiary/aromatic N) is 2. The maximum absolute atomic E-state index is 11.7. The zero-order valence-corrected chi connectivity index (χ0v) is 17.4. The lowest BCUT2D eigenvalue weighted by Gasteiger charge is -2.10. The van der Waals surface area contributed by atoms with Crippen LogP contribution in [0.2, 0.25) is 5.02 Å². The van der Waals surface area contributed by atoms with Crippen LogP contribution in [-0.4, -0.2) is 22.5 Å². The molecule has 0 aliphatic heterocycles. The van der Waals surface area contributed by atoms with Gasteiger partial charge in [-0.25, -0.2) is 14.8 Å². The topological polar surface area (TPSA) is 78.1 Å². The van der Waals surface area contributed by atoms with Crippen LogP contribution < -0.4 is 5.73 Å². The second-order valence-corrected chi connectivity index (χ2v) is 7.19. The molecule has 3 aromatic rings. The summed E-state index contributed by atoms with van der Waals surface area (Å²) in [6.07, 6.45) is 2.56. The van der Waals surface area contributed by atoms with Crippen molar-refractivity contribution in [3.63, 3.8) is 0 Å². The van der Waals surface area contributed by atoms with Crippen molar-refractivity contribution in [3.8, 4) is 11.3 Å². The van der Waals surface area contributed by atoms with Gasteiger partial charge in [-0.1, -0.05) is 35.9 Å². The van der Waals surface area contributed by atoms with Crippen LogP contribution >= 0.6 is 11.6 Å². The third-order valence-electron chi connectivity index (χ3n) is 4.70. The molecule has 0 bridgehead atoms. The molecular formula is C23H24ClN3O2. The summed E-state index contributed by atoms with van der Waals surface area (Å²) in [4.78, 5) is 20.5. The number of aromatic nitrogens is 2. The second-order valence-electron chi connectivity index (χ2n) is 6.79. The zero-order chi connectivity index (χ0) is 20.8. The van der Waals surface area contributed by atoms with Crippen molar-refractivity contribution in [2.75, 3.05) is 12.3 Å². The first-order chi connectivity index (χ1) is 14.0. The lowest BCUT2D eigenvalue weighted by molar-refractivity contribution is 0.0526. The molecule has 6 heteroatoms. The van der Waals surface area contributed by atoms with Gasteiger partial charge in [-0.05, 0) is 68.5 Å². The molecule has 2 aromatic carbocycles. The number of nitrogen functional groups attached to an aromatic ring is 1. The molecule has 1 aromatic heterocycles. The van der Waals surface area contributed by atoms with Crippen LogP contribution in [0, 0.1) is 6.92 Å².